The van der Waals surface area contributed by atoms with E-state index in [1.165, 1.54) is 48.8 Å². The van der Waals surface area contributed by atoms with E-state index in [9.17, 15) is 16.8 Å². The maximum absolute atomic E-state index is 12.3. The van der Waals surface area contributed by atoms with E-state index in [0.29, 0.717) is 12.3 Å². The van der Waals surface area contributed by atoms with Crippen LogP contribution in [0.5, 0.6) is 0 Å². The van der Waals surface area contributed by atoms with Gasteiger partial charge in [-0.25, -0.2) is 21.6 Å². The van der Waals surface area contributed by atoms with Gasteiger partial charge in [0.2, 0.25) is 10.0 Å². The molecule has 10 heteroatoms. The summed E-state index contributed by atoms with van der Waals surface area (Å²) in [5, 5.41) is 0. The van der Waals surface area contributed by atoms with Crippen molar-refractivity contribution in [3.8, 4) is 0 Å². The Balaban J connectivity index is 2.10. The molecule has 1 heterocycles. The summed E-state index contributed by atoms with van der Waals surface area (Å²) in [6.07, 6.45) is 2.92. The summed E-state index contributed by atoms with van der Waals surface area (Å²) in [7, 11) is -7.53. The van der Waals surface area contributed by atoms with Crippen molar-refractivity contribution >= 4 is 25.7 Å². The van der Waals surface area contributed by atoms with Gasteiger partial charge in [0.15, 0.2) is 0 Å². The number of nitrogens with zero attached hydrogens (tertiary/aromatic N) is 1. The number of anilines is 1. The molecule has 1 aromatic carbocycles. The minimum absolute atomic E-state index is 0.0214. The number of pyridine rings is 1. The normalized spacial score (nSPS) is 12.0. The zero-order chi connectivity index (χ0) is 18.3. The summed E-state index contributed by atoms with van der Waals surface area (Å²) >= 11 is 0. The van der Waals surface area contributed by atoms with Crippen LogP contribution in [0.15, 0.2) is 58.6 Å². The molecule has 2 aromatic rings. The second kappa shape index (κ2) is 8.39. The molecule has 0 atom stereocenters. The largest absolute Gasteiger partial charge is 0.380 e. The number of benzene rings is 1. The highest BCUT2D eigenvalue weighted by atomic mass is 32.2. The van der Waals surface area contributed by atoms with Crippen LogP contribution in [0.25, 0.3) is 0 Å². The highest BCUT2D eigenvalue weighted by Gasteiger charge is 2.17. The van der Waals surface area contributed by atoms with Gasteiger partial charge in [-0.1, -0.05) is 0 Å². The zero-order valence-corrected chi connectivity index (χ0v) is 15.2. The molecule has 0 amide bonds. The predicted octanol–water partition coefficient (Wildman–Crippen LogP) is 1.20. The fourth-order valence-electron chi connectivity index (χ4n) is 1.91. The van der Waals surface area contributed by atoms with Gasteiger partial charge in [-0.15, -0.1) is 0 Å². The molecule has 0 aliphatic carbocycles. The summed E-state index contributed by atoms with van der Waals surface area (Å²) in [5.41, 5.74) is 0.365. The van der Waals surface area contributed by atoms with E-state index in [4.69, 9.17) is 4.74 Å². The molecular formula is C15H19N3O5S2. The third kappa shape index (κ3) is 5.49. The number of nitrogens with one attached hydrogen (secondary N) is 2. The summed E-state index contributed by atoms with van der Waals surface area (Å²) in [6, 6.07) is 7.98. The van der Waals surface area contributed by atoms with Gasteiger partial charge in [0, 0.05) is 25.5 Å². The molecule has 2 rings (SSSR count). The maximum Gasteiger partial charge on any atom is 0.261 e. The molecule has 136 valence electrons. The Hall–Kier alpha value is -2.01. The van der Waals surface area contributed by atoms with Crippen LogP contribution in [0.1, 0.15) is 6.92 Å². The lowest BCUT2D eigenvalue weighted by atomic mass is 10.4. The Morgan fingerprint density at radius 1 is 0.920 bits per heavy atom. The van der Waals surface area contributed by atoms with Gasteiger partial charge in [0.25, 0.3) is 10.0 Å². The summed E-state index contributed by atoms with van der Waals surface area (Å²) in [6.45, 7) is 2.71. The van der Waals surface area contributed by atoms with E-state index in [2.05, 4.69) is 14.4 Å². The number of hydrogen-bond donors (Lipinski definition) is 2. The Morgan fingerprint density at radius 3 is 2.04 bits per heavy atom. The second-order valence-corrected chi connectivity index (χ2v) is 8.36. The van der Waals surface area contributed by atoms with Gasteiger partial charge in [-0.05, 0) is 43.3 Å². The summed E-state index contributed by atoms with van der Waals surface area (Å²) < 4.78 is 58.6. The van der Waals surface area contributed by atoms with Crippen molar-refractivity contribution in [1.82, 2.24) is 9.71 Å². The summed E-state index contributed by atoms with van der Waals surface area (Å²) in [5.74, 6) is 0. The molecule has 0 saturated carbocycles. The zero-order valence-electron chi connectivity index (χ0n) is 13.5. The van der Waals surface area contributed by atoms with Gasteiger partial charge in [-0.2, -0.15) is 0 Å². The molecule has 0 spiro atoms. The topological polar surface area (TPSA) is 114 Å². The van der Waals surface area contributed by atoms with Crippen molar-refractivity contribution in [2.24, 2.45) is 0 Å². The highest BCUT2D eigenvalue weighted by Crippen LogP contribution is 2.17. The lowest BCUT2D eigenvalue weighted by Crippen LogP contribution is -2.27. The average molecular weight is 385 g/mol. The molecule has 1 aromatic heterocycles. The highest BCUT2D eigenvalue weighted by molar-refractivity contribution is 7.92. The van der Waals surface area contributed by atoms with Crippen LogP contribution in [0, 0.1) is 0 Å². The number of aromatic nitrogens is 1. The first-order valence-corrected chi connectivity index (χ1v) is 10.4. The Kier molecular flexibility index (Phi) is 6.48. The minimum Gasteiger partial charge on any atom is -0.380 e. The number of hydrogen-bond acceptors (Lipinski definition) is 6. The Bertz CT molecular complexity index is 883. The van der Waals surface area contributed by atoms with Gasteiger partial charge in [0.05, 0.1) is 22.1 Å². The van der Waals surface area contributed by atoms with Crippen molar-refractivity contribution in [2.45, 2.75) is 16.7 Å². The molecule has 0 aliphatic heterocycles. The molecule has 0 radical (unpaired) electrons. The molecule has 0 saturated heterocycles. The Labute approximate surface area is 147 Å². The van der Waals surface area contributed by atoms with E-state index in [0.717, 1.165) is 0 Å². The molecule has 25 heavy (non-hydrogen) atoms. The quantitative estimate of drug-likeness (QED) is 0.627. The van der Waals surface area contributed by atoms with Crippen molar-refractivity contribution in [3.05, 3.63) is 48.8 Å². The predicted molar refractivity (Wildman–Crippen MR) is 93.2 cm³/mol. The fraction of sp³-hybridized carbons (Fsp3) is 0.267. The van der Waals surface area contributed by atoms with Gasteiger partial charge >= 0.3 is 0 Å². The first-order valence-electron chi connectivity index (χ1n) is 7.45. The molecule has 0 fully saturated rings. The molecule has 0 unspecified atom stereocenters. The first-order chi connectivity index (χ1) is 11.8. The monoisotopic (exact) mass is 385 g/mol. The van der Waals surface area contributed by atoms with Crippen LogP contribution in [0.4, 0.5) is 5.69 Å². The molecular weight excluding hydrogens is 366 g/mol. The number of rotatable bonds is 9. The van der Waals surface area contributed by atoms with Crippen LogP contribution in [-0.4, -0.2) is 41.6 Å². The molecule has 8 nitrogen and oxygen atoms in total. The molecule has 0 aliphatic rings. The van der Waals surface area contributed by atoms with Crippen LogP contribution >= 0.6 is 0 Å². The average Bonchev–Trinajstić information content (AvgIpc) is 2.59. The van der Waals surface area contributed by atoms with Crippen molar-refractivity contribution in [2.75, 3.05) is 24.5 Å². The third-order valence-corrected chi connectivity index (χ3v) is 5.99. The maximum atomic E-state index is 12.3. The minimum atomic E-state index is -3.81. The van der Waals surface area contributed by atoms with Crippen LogP contribution in [-0.2, 0) is 24.8 Å². The second-order valence-electron chi connectivity index (χ2n) is 4.91. The van der Waals surface area contributed by atoms with E-state index in [1.54, 1.807) is 0 Å². The molecule has 2 N–H and O–H groups in total. The lowest BCUT2D eigenvalue weighted by molar-refractivity contribution is 0.153. The van der Waals surface area contributed by atoms with Crippen molar-refractivity contribution in [3.63, 3.8) is 0 Å². The van der Waals surface area contributed by atoms with Gasteiger partial charge < -0.3 is 4.74 Å². The SMILES string of the molecule is CCOCCNS(=O)(=O)c1ccc(S(=O)(=O)Nc2ccncc2)cc1. The summed E-state index contributed by atoms with van der Waals surface area (Å²) in [4.78, 5) is 3.74. The number of ether oxygens (including phenoxy) is 1. The lowest BCUT2D eigenvalue weighted by Gasteiger charge is -2.10. The number of sulfonamides is 2. The van der Waals surface area contributed by atoms with Gasteiger partial charge in [-0.3, -0.25) is 9.71 Å². The van der Waals surface area contributed by atoms with E-state index in [-0.39, 0.29) is 22.9 Å². The third-order valence-electron chi connectivity index (χ3n) is 3.12. The first kappa shape index (κ1) is 19.3. The fourth-order valence-corrected chi connectivity index (χ4v) is 3.98. The van der Waals surface area contributed by atoms with Crippen LogP contribution in [0.2, 0.25) is 0 Å². The smallest absolute Gasteiger partial charge is 0.261 e. The van der Waals surface area contributed by atoms with Gasteiger partial charge in [0.1, 0.15) is 0 Å². The standard InChI is InChI=1S/C15H19N3O5S2/c1-2-23-12-11-17-24(19,20)14-3-5-15(6-4-14)25(21,22)18-13-7-9-16-10-8-13/h3-10,17H,2,11-12H2,1H3,(H,16,18). The Morgan fingerprint density at radius 2 is 1.48 bits per heavy atom. The van der Waals surface area contributed by atoms with E-state index < -0.39 is 20.0 Å². The van der Waals surface area contributed by atoms with E-state index in [1.807, 2.05) is 6.92 Å². The van der Waals surface area contributed by atoms with Crippen molar-refractivity contribution < 1.29 is 21.6 Å². The van der Waals surface area contributed by atoms with E-state index >= 15 is 0 Å². The van der Waals surface area contributed by atoms with Crippen LogP contribution in [0.3, 0.4) is 0 Å². The molecule has 0 bridgehead atoms. The van der Waals surface area contributed by atoms with Crippen molar-refractivity contribution in [1.29, 1.82) is 0 Å². The van der Waals surface area contributed by atoms with Crippen LogP contribution < -0.4 is 9.44 Å².